The summed E-state index contributed by atoms with van der Waals surface area (Å²) in [6, 6.07) is 0. The minimum atomic E-state index is -0.815. The van der Waals surface area contributed by atoms with Crippen LogP contribution in [0.3, 0.4) is 0 Å². The van der Waals surface area contributed by atoms with Crippen LogP contribution in [0, 0.1) is 56.7 Å². The zero-order chi connectivity index (χ0) is 25.1. The molecular formula is C30H48O4. The van der Waals surface area contributed by atoms with Crippen molar-refractivity contribution in [3.8, 4) is 0 Å². The molecule has 0 heterocycles. The van der Waals surface area contributed by atoms with Crippen molar-refractivity contribution in [1.29, 1.82) is 0 Å². The zero-order valence-electron chi connectivity index (χ0n) is 22.4. The molecule has 0 amide bonds. The average molecular weight is 473 g/mol. The van der Waals surface area contributed by atoms with Crippen molar-refractivity contribution < 1.29 is 20.1 Å². The van der Waals surface area contributed by atoms with E-state index in [0.717, 1.165) is 32.1 Å². The molecule has 5 aliphatic rings. The molecule has 0 unspecified atom stereocenters. The Kier molecular flexibility index (Phi) is 5.36. The summed E-state index contributed by atoms with van der Waals surface area (Å²) < 4.78 is 0. The molecule has 5 fully saturated rings. The van der Waals surface area contributed by atoms with Gasteiger partial charge in [-0.1, -0.05) is 46.8 Å². The summed E-state index contributed by atoms with van der Waals surface area (Å²) >= 11 is 0. The van der Waals surface area contributed by atoms with Crippen LogP contribution in [0.5, 0.6) is 0 Å². The molecule has 0 radical (unpaired) electrons. The molecule has 34 heavy (non-hydrogen) atoms. The number of carboxylic acids is 1. The van der Waals surface area contributed by atoms with Crippen LogP contribution in [0.1, 0.15) is 99.3 Å². The first-order chi connectivity index (χ1) is 15.7. The van der Waals surface area contributed by atoms with Gasteiger partial charge in [0.2, 0.25) is 0 Å². The summed E-state index contributed by atoms with van der Waals surface area (Å²) in [6.07, 6.45) is 7.01. The van der Waals surface area contributed by atoms with Gasteiger partial charge in [0.15, 0.2) is 0 Å². The monoisotopic (exact) mass is 472 g/mol. The van der Waals surface area contributed by atoms with Gasteiger partial charge in [0, 0.05) is 11.8 Å². The number of allylic oxidation sites excluding steroid dienone is 1. The molecule has 4 nitrogen and oxygen atoms in total. The predicted octanol–water partition coefficient (Wildman–Crippen LogP) is 6.06. The summed E-state index contributed by atoms with van der Waals surface area (Å²) in [4.78, 5) is 13.6. The lowest BCUT2D eigenvalue weighted by molar-refractivity contribution is -0.276. The van der Waals surface area contributed by atoms with Crippen LogP contribution in [0.4, 0.5) is 0 Å². The van der Waals surface area contributed by atoms with E-state index in [-0.39, 0.29) is 28.1 Å². The van der Waals surface area contributed by atoms with Gasteiger partial charge in [-0.3, -0.25) is 4.79 Å². The lowest BCUT2D eigenvalue weighted by atomic mass is 9.31. The van der Waals surface area contributed by atoms with E-state index in [1.165, 1.54) is 18.4 Å². The first kappa shape index (κ1) is 24.8. The van der Waals surface area contributed by atoms with Gasteiger partial charge >= 0.3 is 5.97 Å². The van der Waals surface area contributed by atoms with Crippen molar-refractivity contribution in [3.63, 3.8) is 0 Å². The normalized spacial score (nSPS) is 55.9. The Morgan fingerprint density at radius 2 is 1.53 bits per heavy atom. The minimum absolute atomic E-state index is 0.0617. The number of carbonyl (C=O) groups is 1. The molecule has 0 aromatic carbocycles. The number of aliphatic carboxylic acids is 1. The van der Waals surface area contributed by atoms with Crippen molar-refractivity contribution in [3.05, 3.63) is 12.2 Å². The maximum absolute atomic E-state index is 13.6. The number of aliphatic hydroxyl groups is 2. The third-order valence-corrected chi connectivity index (χ3v) is 13.4. The van der Waals surface area contributed by atoms with E-state index >= 15 is 0 Å². The fourth-order valence-electron chi connectivity index (χ4n) is 11.5. The van der Waals surface area contributed by atoms with Crippen LogP contribution in [-0.4, -0.2) is 33.5 Å². The molecule has 192 valence electrons. The van der Waals surface area contributed by atoms with Crippen LogP contribution >= 0.6 is 0 Å². The Morgan fingerprint density at radius 1 is 0.853 bits per heavy atom. The summed E-state index contributed by atoms with van der Waals surface area (Å²) in [5.41, 5.74) is -0.339. The van der Waals surface area contributed by atoms with Gasteiger partial charge in [0.05, 0.1) is 17.6 Å². The highest BCUT2D eigenvalue weighted by Gasteiger charge is 2.75. The van der Waals surface area contributed by atoms with Crippen molar-refractivity contribution in [2.45, 2.75) is 112 Å². The summed E-state index contributed by atoms with van der Waals surface area (Å²) in [7, 11) is 0. The first-order valence-electron chi connectivity index (χ1n) is 13.9. The van der Waals surface area contributed by atoms with Crippen molar-refractivity contribution in [2.75, 3.05) is 0 Å². The van der Waals surface area contributed by atoms with Gasteiger partial charge in [-0.25, -0.2) is 0 Å². The number of rotatable bonds is 2. The molecule has 5 rings (SSSR count). The van der Waals surface area contributed by atoms with E-state index in [1.54, 1.807) is 0 Å². The van der Waals surface area contributed by atoms with E-state index in [2.05, 4.69) is 48.1 Å². The molecule has 0 spiro atoms. The van der Waals surface area contributed by atoms with Gasteiger partial charge in [0.1, 0.15) is 0 Å². The topological polar surface area (TPSA) is 77.8 Å². The number of hydrogen-bond donors (Lipinski definition) is 3. The van der Waals surface area contributed by atoms with Gasteiger partial charge in [-0.2, -0.15) is 0 Å². The number of fused-ring (bicyclic) bond motifs is 7. The molecule has 0 saturated heterocycles. The Hall–Kier alpha value is -0.870. The molecule has 0 aromatic heterocycles. The molecule has 5 saturated carbocycles. The van der Waals surface area contributed by atoms with E-state index in [0.29, 0.717) is 30.6 Å². The average Bonchev–Trinajstić information content (AvgIpc) is 3.10. The molecular weight excluding hydrogens is 424 g/mol. The molecule has 0 bridgehead atoms. The van der Waals surface area contributed by atoms with Crippen molar-refractivity contribution >= 4 is 5.97 Å². The van der Waals surface area contributed by atoms with E-state index < -0.39 is 29.0 Å². The summed E-state index contributed by atoms with van der Waals surface area (Å²) in [5, 5.41) is 33.6. The van der Waals surface area contributed by atoms with Crippen molar-refractivity contribution in [1.82, 2.24) is 0 Å². The first-order valence-corrected chi connectivity index (χ1v) is 13.9. The second-order valence-electron chi connectivity index (χ2n) is 14.6. The molecule has 4 heteroatoms. The maximum Gasteiger partial charge on any atom is 0.310 e. The SMILES string of the molecule is C=C(C)[C@@H]1CC[C@]2(C)CC[C@]3(C)[C@H](CC[C@@H]4[C@@]5(C)[C@H](O)C[C@H](O)C(C)(C)[C@@H]5CC[C@]43C(=O)O)[C@H]12. The third kappa shape index (κ3) is 2.71. The predicted molar refractivity (Wildman–Crippen MR) is 134 cm³/mol. The summed E-state index contributed by atoms with van der Waals surface area (Å²) in [5.74, 6) is 0.837. The van der Waals surface area contributed by atoms with Crippen molar-refractivity contribution in [2.24, 2.45) is 56.7 Å². The maximum atomic E-state index is 13.6. The smallest absolute Gasteiger partial charge is 0.310 e. The van der Waals surface area contributed by atoms with E-state index in [9.17, 15) is 20.1 Å². The fraction of sp³-hybridized carbons (Fsp3) is 0.900. The van der Waals surface area contributed by atoms with Gasteiger partial charge in [-0.05, 0) is 104 Å². The largest absolute Gasteiger partial charge is 0.481 e. The van der Waals surface area contributed by atoms with Gasteiger partial charge in [-0.15, -0.1) is 0 Å². The van der Waals surface area contributed by atoms with Gasteiger partial charge < -0.3 is 15.3 Å². The lowest BCUT2D eigenvalue weighted by Crippen LogP contribution is -2.72. The van der Waals surface area contributed by atoms with Crippen LogP contribution in [0.2, 0.25) is 0 Å². The summed E-state index contributed by atoms with van der Waals surface area (Å²) in [6.45, 7) is 17.8. The molecule has 5 aliphatic carbocycles. The Morgan fingerprint density at radius 3 is 2.15 bits per heavy atom. The number of hydrogen-bond acceptors (Lipinski definition) is 3. The quantitative estimate of drug-likeness (QED) is 0.427. The Balaban J connectivity index is 1.64. The third-order valence-electron chi connectivity index (χ3n) is 13.4. The highest BCUT2D eigenvalue weighted by atomic mass is 16.4. The van der Waals surface area contributed by atoms with Crippen LogP contribution in [0.25, 0.3) is 0 Å². The molecule has 0 aliphatic heterocycles. The highest BCUT2D eigenvalue weighted by molar-refractivity contribution is 5.77. The van der Waals surface area contributed by atoms with E-state index in [4.69, 9.17) is 0 Å². The second kappa shape index (κ2) is 7.34. The van der Waals surface area contributed by atoms with Crippen LogP contribution in [-0.2, 0) is 4.79 Å². The molecule has 11 atom stereocenters. The Bertz CT molecular complexity index is 894. The highest BCUT2D eigenvalue weighted by Crippen LogP contribution is 2.77. The van der Waals surface area contributed by atoms with Crippen LogP contribution < -0.4 is 0 Å². The standard InChI is InChI=1S/C30H48O4/c1-17(2)18-10-12-27(5)14-15-28(6)19(24(18)27)8-9-21-29(7)20(11-13-30(21,28)25(33)34)26(3,4)22(31)16-23(29)32/h18-24,31-32H,1,8-16H2,2-7H3,(H,33,34)/t18-,19+,20-,21+,22-,23+,24-,27+,28+,29-,30+/m0/s1. The second-order valence-corrected chi connectivity index (χ2v) is 14.6. The van der Waals surface area contributed by atoms with E-state index in [1.807, 2.05) is 0 Å². The van der Waals surface area contributed by atoms with Crippen LogP contribution in [0.15, 0.2) is 12.2 Å². The molecule has 3 N–H and O–H groups in total. The lowest BCUT2D eigenvalue weighted by Gasteiger charge is -2.72. The zero-order valence-corrected chi connectivity index (χ0v) is 22.4. The Labute approximate surface area is 206 Å². The number of aliphatic hydroxyl groups excluding tert-OH is 2. The number of carboxylic acid groups (broad SMARTS) is 1. The molecule has 0 aromatic rings. The minimum Gasteiger partial charge on any atom is -0.481 e. The van der Waals surface area contributed by atoms with Gasteiger partial charge in [0.25, 0.3) is 0 Å². The fourth-order valence-corrected chi connectivity index (χ4v) is 11.5.